The fourth-order valence-electron chi connectivity index (χ4n) is 4.57. The van der Waals surface area contributed by atoms with E-state index < -0.39 is 5.82 Å². The number of amides is 1. The lowest BCUT2D eigenvalue weighted by Crippen LogP contribution is -2.45. The molecule has 8 nitrogen and oxygen atoms in total. The minimum absolute atomic E-state index is 0.101. The van der Waals surface area contributed by atoms with Crippen molar-refractivity contribution >= 4 is 23.4 Å². The fourth-order valence-corrected chi connectivity index (χ4v) is 4.57. The Morgan fingerprint density at radius 2 is 2.03 bits per heavy atom. The first-order valence-corrected chi connectivity index (χ1v) is 11.7. The van der Waals surface area contributed by atoms with Crippen molar-refractivity contribution in [2.24, 2.45) is 0 Å². The smallest absolute Gasteiger partial charge is 0.228 e. The van der Waals surface area contributed by atoms with Crippen molar-refractivity contribution < 1.29 is 13.9 Å². The van der Waals surface area contributed by atoms with Crippen LogP contribution in [0.25, 0.3) is 11.3 Å². The van der Waals surface area contributed by atoms with E-state index in [1.807, 2.05) is 40.1 Å². The van der Waals surface area contributed by atoms with E-state index in [2.05, 4.69) is 25.2 Å². The average molecular weight is 477 g/mol. The summed E-state index contributed by atoms with van der Waals surface area (Å²) >= 11 is 0. The van der Waals surface area contributed by atoms with Crippen LogP contribution in [-0.2, 0) is 10.2 Å². The molecule has 0 saturated carbocycles. The lowest BCUT2D eigenvalue weighted by atomic mass is 9.86. The van der Waals surface area contributed by atoms with Crippen LogP contribution in [0.1, 0.15) is 32.3 Å². The lowest BCUT2D eigenvalue weighted by Gasteiger charge is -2.34. The number of ether oxygens (including phenoxy) is 1. The molecule has 5 rings (SSSR count). The number of anilines is 3. The van der Waals surface area contributed by atoms with Gasteiger partial charge in [-0.2, -0.15) is 0 Å². The normalized spacial score (nSPS) is 19.0. The number of fused-ring (bicyclic) bond motifs is 1. The highest BCUT2D eigenvalue weighted by molar-refractivity contribution is 5.94. The van der Waals surface area contributed by atoms with Gasteiger partial charge in [-0.3, -0.25) is 4.79 Å². The molecule has 2 aliphatic heterocycles. The average Bonchev–Trinajstić information content (AvgIpc) is 3.14. The van der Waals surface area contributed by atoms with Crippen molar-refractivity contribution in [2.75, 3.05) is 37.5 Å². The molecule has 0 radical (unpaired) electrons. The third-order valence-electron chi connectivity index (χ3n) is 6.73. The number of aromatic nitrogens is 3. The van der Waals surface area contributed by atoms with Crippen molar-refractivity contribution in [3.8, 4) is 17.0 Å². The van der Waals surface area contributed by atoms with Gasteiger partial charge in [0.2, 0.25) is 11.9 Å². The van der Waals surface area contributed by atoms with Crippen molar-refractivity contribution in [1.29, 1.82) is 0 Å². The van der Waals surface area contributed by atoms with E-state index in [9.17, 15) is 9.18 Å². The van der Waals surface area contributed by atoms with E-state index in [-0.39, 0.29) is 17.4 Å². The van der Waals surface area contributed by atoms with Crippen LogP contribution in [0, 0.1) is 5.82 Å². The zero-order valence-electron chi connectivity index (χ0n) is 20.4. The Bertz CT molecular complexity index is 1260. The number of halogens is 1. The number of hydrogen-bond donors (Lipinski definition) is 1. The Kier molecular flexibility index (Phi) is 5.88. The van der Waals surface area contributed by atoms with Crippen LogP contribution in [0.2, 0.25) is 0 Å². The van der Waals surface area contributed by atoms with Crippen LogP contribution in [-0.4, -0.2) is 59.0 Å². The van der Waals surface area contributed by atoms with Crippen LogP contribution >= 0.6 is 0 Å². The minimum atomic E-state index is -0.391. The molecule has 1 amide bonds. The van der Waals surface area contributed by atoms with Gasteiger partial charge in [-0.15, -0.1) is 0 Å². The summed E-state index contributed by atoms with van der Waals surface area (Å²) < 4.78 is 20.2. The van der Waals surface area contributed by atoms with Crippen LogP contribution in [0.3, 0.4) is 0 Å². The Hall–Kier alpha value is -3.59. The van der Waals surface area contributed by atoms with Gasteiger partial charge in [0, 0.05) is 41.7 Å². The third kappa shape index (κ3) is 4.55. The first-order chi connectivity index (χ1) is 16.7. The zero-order valence-corrected chi connectivity index (χ0v) is 20.4. The predicted molar refractivity (Wildman–Crippen MR) is 133 cm³/mol. The van der Waals surface area contributed by atoms with Crippen molar-refractivity contribution in [2.45, 2.75) is 38.1 Å². The molecule has 3 aromatic rings. The summed E-state index contributed by atoms with van der Waals surface area (Å²) in [6, 6.07) is 9.05. The van der Waals surface area contributed by atoms with Gasteiger partial charge in [-0.05, 0) is 50.8 Å². The standard InChI is InChI=1S/C26H29FN6O2/c1-26(2)15-35-24-19(26)11-16(12-20(24)27)21-7-9-28-25(30-21)31-22-6-5-18(14-29-22)33-10-8-17(32(3)4)13-23(33)34/h5-7,9,11-12,14,17H,8,10,13,15H2,1-4H3,(H,28,29,30,31). The zero-order chi connectivity index (χ0) is 24.7. The fraction of sp³-hybridized carbons (Fsp3) is 0.385. The van der Waals surface area contributed by atoms with Crippen LogP contribution in [0.15, 0.2) is 42.7 Å². The van der Waals surface area contributed by atoms with Gasteiger partial charge >= 0.3 is 0 Å². The minimum Gasteiger partial charge on any atom is -0.489 e. The molecular formula is C26H29FN6O2. The number of benzene rings is 1. The highest BCUT2D eigenvalue weighted by Gasteiger charge is 2.34. The summed E-state index contributed by atoms with van der Waals surface area (Å²) in [5, 5.41) is 3.10. The van der Waals surface area contributed by atoms with Gasteiger partial charge in [-0.1, -0.05) is 13.8 Å². The second-order valence-electron chi connectivity index (χ2n) is 9.96. The number of rotatable bonds is 5. The van der Waals surface area contributed by atoms with Crippen LogP contribution < -0.4 is 15.0 Å². The number of nitrogens with one attached hydrogen (secondary N) is 1. The van der Waals surface area contributed by atoms with Gasteiger partial charge in [0.15, 0.2) is 11.6 Å². The molecule has 1 saturated heterocycles. The number of piperidine rings is 1. The number of pyridine rings is 1. The van der Waals surface area contributed by atoms with E-state index in [1.165, 1.54) is 6.07 Å². The SMILES string of the molecule is CN(C)C1CCN(c2ccc(Nc3nccc(-c4cc(F)c5c(c4)C(C)(C)CO5)n3)nc2)C(=O)C1. The maximum absolute atomic E-state index is 14.7. The van der Waals surface area contributed by atoms with Gasteiger partial charge in [0.1, 0.15) is 5.82 Å². The molecule has 4 heterocycles. The first-order valence-electron chi connectivity index (χ1n) is 11.7. The van der Waals surface area contributed by atoms with Crippen LogP contribution in [0.4, 0.5) is 21.8 Å². The maximum Gasteiger partial charge on any atom is 0.228 e. The molecule has 0 aliphatic carbocycles. The quantitative estimate of drug-likeness (QED) is 0.592. The Morgan fingerprint density at radius 1 is 1.20 bits per heavy atom. The summed E-state index contributed by atoms with van der Waals surface area (Å²) in [5.41, 5.74) is 2.59. The predicted octanol–water partition coefficient (Wildman–Crippen LogP) is 4.15. The Morgan fingerprint density at radius 3 is 2.74 bits per heavy atom. The molecule has 1 fully saturated rings. The topological polar surface area (TPSA) is 83.5 Å². The van der Waals surface area contributed by atoms with Gasteiger partial charge in [0.25, 0.3) is 0 Å². The number of hydrogen-bond acceptors (Lipinski definition) is 7. The molecule has 0 bridgehead atoms. The Labute approximate surface area is 204 Å². The molecule has 0 spiro atoms. The number of nitrogens with zero attached hydrogens (tertiary/aromatic N) is 5. The van der Waals surface area contributed by atoms with Crippen molar-refractivity contribution in [3.63, 3.8) is 0 Å². The summed E-state index contributed by atoms with van der Waals surface area (Å²) in [4.78, 5) is 29.8. The molecule has 182 valence electrons. The first kappa shape index (κ1) is 23.2. The second kappa shape index (κ2) is 8.88. The molecule has 1 unspecified atom stereocenters. The van der Waals surface area contributed by atoms with Gasteiger partial charge < -0.3 is 19.9 Å². The highest BCUT2D eigenvalue weighted by atomic mass is 19.1. The number of carbonyl (C=O) groups is 1. The van der Waals surface area contributed by atoms with Crippen LogP contribution in [0.5, 0.6) is 5.75 Å². The summed E-state index contributed by atoms with van der Waals surface area (Å²) in [7, 11) is 4.01. The van der Waals surface area contributed by atoms with E-state index in [0.717, 1.165) is 17.7 Å². The van der Waals surface area contributed by atoms with E-state index in [4.69, 9.17) is 4.74 Å². The number of carbonyl (C=O) groups excluding carboxylic acids is 1. The molecule has 9 heteroatoms. The van der Waals surface area contributed by atoms with E-state index in [1.54, 1.807) is 29.4 Å². The maximum atomic E-state index is 14.7. The molecule has 35 heavy (non-hydrogen) atoms. The summed E-state index contributed by atoms with van der Waals surface area (Å²) in [5.74, 6) is 0.930. The summed E-state index contributed by atoms with van der Waals surface area (Å²) in [6.07, 6.45) is 4.73. The third-order valence-corrected chi connectivity index (χ3v) is 6.73. The van der Waals surface area contributed by atoms with Crippen molar-refractivity contribution in [3.05, 3.63) is 54.1 Å². The molecule has 2 aliphatic rings. The molecule has 1 N–H and O–H groups in total. The van der Waals surface area contributed by atoms with E-state index in [0.29, 0.717) is 48.3 Å². The summed E-state index contributed by atoms with van der Waals surface area (Å²) in [6.45, 7) is 5.17. The van der Waals surface area contributed by atoms with Gasteiger partial charge in [-0.25, -0.2) is 19.3 Å². The molecule has 1 aromatic carbocycles. The molecular weight excluding hydrogens is 447 g/mol. The highest BCUT2D eigenvalue weighted by Crippen LogP contribution is 2.42. The lowest BCUT2D eigenvalue weighted by molar-refractivity contribution is -0.120. The monoisotopic (exact) mass is 476 g/mol. The molecule has 2 aromatic heterocycles. The van der Waals surface area contributed by atoms with Crippen molar-refractivity contribution in [1.82, 2.24) is 19.9 Å². The van der Waals surface area contributed by atoms with Gasteiger partial charge in [0.05, 0.1) is 24.2 Å². The largest absolute Gasteiger partial charge is 0.489 e. The van der Waals surface area contributed by atoms with E-state index >= 15 is 0 Å². The molecule has 1 atom stereocenters. The second-order valence-corrected chi connectivity index (χ2v) is 9.96. The Balaban J connectivity index is 1.32.